The second kappa shape index (κ2) is 5.91. The molecular formula is C11H16BrN3OS. The summed E-state index contributed by atoms with van der Waals surface area (Å²) in [6.45, 7) is 1.82. The van der Waals surface area contributed by atoms with Gasteiger partial charge in [0.1, 0.15) is 4.88 Å². The van der Waals surface area contributed by atoms with Gasteiger partial charge in [0.15, 0.2) is 0 Å². The van der Waals surface area contributed by atoms with Gasteiger partial charge in [0.2, 0.25) is 0 Å². The fraction of sp³-hybridized carbons (Fsp3) is 0.727. The second-order valence-electron chi connectivity index (χ2n) is 4.47. The molecule has 1 aliphatic rings. The van der Waals surface area contributed by atoms with E-state index in [2.05, 4.69) is 30.8 Å². The maximum Gasteiger partial charge on any atom is 0.265 e. The Morgan fingerprint density at radius 2 is 2.29 bits per heavy atom. The summed E-state index contributed by atoms with van der Waals surface area (Å²) in [6.07, 6.45) is 4.74. The average Bonchev–Trinajstić information content (AvgIpc) is 2.76. The minimum atomic E-state index is -0.0182. The fourth-order valence-corrected chi connectivity index (χ4v) is 3.59. The van der Waals surface area contributed by atoms with Crippen molar-refractivity contribution in [2.45, 2.75) is 38.6 Å². The highest BCUT2D eigenvalue weighted by atomic mass is 79.9. The van der Waals surface area contributed by atoms with Gasteiger partial charge >= 0.3 is 0 Å². The van der Waals surface area contributed by atoms with Gasteiger partial charge in [-0.2, -0.15) is 0 Å². The number of nitrogens with zero attached hydrogens (tertiary/aromatic N) is 2. The van der Waals surface area contributed by atoms with Crippen LogP contribution in [0.5, 0.6) is 0 Å². The number of nitrogens with one attached hydrogen (secondary N) is 1. The number of hydrogen-bond acceptors (Lipinski definition) is 4. The lowest BCUT2D eigenvalue weighted by Crippen LogP contribution is -2.42. The van der Waals surface area contributed by atoms with E-state index in [-0.39, 0.29) is 11.9 Å². The van der Waals surface area contributed by atoms with Gasteiger partial charge in [0.25, 0.3) is 5.91 Å². The van der Waals surface area contributed by atoms with Crippen molar-refractivity contribution >= 4 is 33.4 Å². The topological polar surface area (TPSA) is 54.9 Å². The Morgan fingerprint density at radius 3 is 2.94 bits per heavy atom. The van der Waals surface area contributed by atoms with Gasteiger partial charge in [0.05, 0.1) is 5.69 Å². The van der Waals surface area contributed by atoms with Gasteiger partial charge in [-0.25, -0.2) is 0 Å². The number of amides is 1. The zero-order valence-electron chi connectivity index (χ0n) is 9.78. The van der Waals surface area contributed by atoms with Crippen molar-refractivity contribution in [1.82, 2.24) is 14.9 Å². The smallest absolute Gasteiger partial charge is 0.265 e. The van der Waals surface area contributed by atoms with Crippen molar-refractivity contribution < 1.29 is 4.79 Å². The van der Waals surface area contributed by atoms with E-state index >= 15 is 0 Å². The molecule has 0 saturated heterocycles. The van der Waals surface area contributed by atoms with E-state index in [0.717, 1.165) is 17.4 Å². The highest BCUT2D eigenvalue weighted by Gasteiger charge is 2.26. The maximum atomic E-state index is 12.1. The quantitative estimate of drug-likeness (QED) is 0.872. The monoisotopic (exact) mass is 317 g/mol. The highest BCUT2D eigenvalue weighted by molar-refractivity contribution is 9.09. The average molecular weight is 318 g/mol. The first-order valence-corrected chi connectivity index (χ1v) is 7.77. The molecule has 6 heteroatoms. The standard InChI is InChI=1S/C11H16BrN3OS/c1-7-10(17-15-14-7)11(16)13-9-5-3-2-4-8(9)6-12/h8-9H,2-6H2,1H3,(H,13,16). The summed E-state index contributed by atoms with van der Waals surface area (Å²) >= 11 is 4.70. The van der Waals surface area contributed by atoms with Gasteiger partial charge < -0.3 is 5.32 Å². The number of aromatic nitrogens is 2. The van der Waals surface area contributed by atoms with Crippen LogP contribution in [0, 0.1) is 12.8 Å². The molecule has 17 heavy (non-hydrogen) atoms. The molecule has 2 rings (SSSR count). The zero-order chi connectivity index (χ0) is 12.3. The molecule has 1 heterocycles. The molecule has 1 saturated carbocycles. The summed E-state index contributed by atoms with van der Waals surface area (Å²) < 4.78 is 3.80. The Labute approximate surface area is 113 Å². The summed E-state index contributed by atoms with van der Waals surface area (Å²) in [7, 11) is 0. The van der Waals surface area contributed by atoms with Gasteiger partial charge in [-0.3, -0.25) is 4.79 Å². The largest absolute Gasteiger partial charge is 0.348 e. The molecule has 2 unspecified atom stereocenters. The molecule has 1 aliphatic carbocycles. The number of aryl methyl sites for hydroxylation is 1. The third-order valence-corrected chi connectivity index (χ3v) is 4.94. The molecule has 1 amide bonds. The maximum absolute atomic E-state index is 12.1. The summed E-state index contributed by atoms with van der Waals surface area (Å²) in [5.41, 5.74) is 0.721. The lowest BCUT2D eigenvalue weighted by molar-refractivity contribution is 0.0915. The van der Waals surface area contributed by atoms with Crippen LogP contribution in [-0.2, 0) is 0 Å². The molecule has 0 bridgehead atoms. The first kappa shape index (κ1) is 13.0. The first-order valence-electron chi connectivity index (χ1n) is 5.88. The van der Waals surface area contributed by atoms with Crippen LogP contribution in [0.2, 0.25) is 0 Å². The third-order valence-electron chi connectivity index (χ3n) is 3.28. The number of rotatable bonds is 3. The number of halogens is 1. The summed E-state index contributed by atoms with van der Waals surface area (Å²) in [5, 5.41) is 7.95. The lowest BCUT2D eigenvalue weighted by atomic mass is 9.86. The van der Waals surface area contributed by atoms with Gasteiger partial charge in [0, 0.05) is 11.4 Å². The minimum Gasteiger partial charge on any atom is -0.348 e. The molecule has 1 fully saturated rings. The molecular weight excluding hydrogens is 302 g/mol. The molecule has 2 atom stereocenters. The molecule has 94 valence electrons. The molecule has 1 aromatic heterocycles. The van der Waals surface area contributed by atoms with E-state index in [4.69, 9.17) is 0 Å². The summed E-state index contributed by atoms with van der Waals surface area (Å²) in [4.78, 5) is 12.7. The van der Waals surface area contributed by atoms with Crippen LogP contribution < -0.4 is 5.32 Å². The van der Waals surface area contributed by atoms with Crippen molar-refractivity contribution in [2.75, 3.05) is 5.33 Å². The molecule has 0 radical (unpaired) electrons. The van der Waals surface area contributed by atoms with E-state index in [1.165, 1.54) is 30.8 Å². The van der Waals surface area contributed by atoms with E-state index in [0.29, 0.717) is 10.8 Å². The highest BCUT2D eigenvalue weighted by Crippen LogP contribution is 2.26. The molecule has 1 aromatic rings. The number of carbonyl (C=O) groups is 1. The van der Waals surface area contributed by atoms with Crippen LogP contribution in [0.4, 0.5) is 0 Å². The second-order valence-corrected chi connectivity index (χ2v) is 5.87. The van der Waals surface area contributed by atoms with E-state index in [1.54, 1.807) is 0 Å². The van der Waals surface area contributed by atoms with Crippen molar-refractivity contribution in [1.29, 1.82) is 0 Å². The molecule has 0 spiro atoms. The predicted octanol–water partition coefficient (Wildman–Crippen LogP) is 2.53. The molecule has 0 aliphatic heterocycles. The first-order chi connectivity index (χ1) is 8.22. The molecule has 0 aromatic carbocycles. The third kappa shape index (κ3) is 3.04. The lowest BCUT2D eigenvalue weighted by Gasteiger charge is -2.30. The number of carbonyl (C=O) groups excluding carboxylic acids is 1. The summed E-state index contributed by atoms with van der Waals surface area (Å²) in [5.74, 6) is 0.532. The van der Waals surface area contributed by atoms with Crippen molar-refractivity contribution in [3.8, 4) is 0 Å². The normalized spacial score (nSPS) is 24.6. The van der Waals surface area contributed by atoms with E-state index < -0.39 is 0 Å². The minimum absolute atomic E-state index is 0.0182. The predicted molar refractivity (Wildman–Crippen MR) is 71.7 cm³/mol. The Morgan fingerprint density at radius 1 is 1.53 bits per heavy atom. The van der Waals surface area contributed by atoms with Crippen LogP contribution in [-0.4, -0.2) is 26.9 Å². The molecule has 1 N–H and O–H groups in total. The van der Waals surface area contributed by atoms with Crippen molar-refractivity contribution in [2.24, 2.45) is 5.92 Å². The van der Waals surface area contributed by atoms with Crippen LogP contribution in [0.25, 0.3) is 0 Å². The number of hydrogen-bond donors (Lipinski definition) is 1. The fourth-order valence-electron chi connectivity index (χ4n) is 2.26. The van der Waals surface area contributed by atoms with Crippen LogP contribution in [0.15, 0.2) is 0 Å². The van der Waals surface area contributed by atoms with Crippen LogP contribution in [0.1, 0.15) is 41.0 Å². The summed E-state index contributed by atoms with van der Waals surface area (Å²) in [6, 6.07) is 0.289. The van der Waals surface area contributed by atoms with Gasteiger partial charge in [-0.05, 0) is 37.2 Å². The van der Waals surface area contributed by atoms with E-state index in [1.807, 2.05) is 6.92 Å². The Bertz CT molecular complexity index is 396. The SMILES string of the molecule is Cc1nnsc1C(=O)NC1CCCCC1CBr. The zero-order valence-corrected chi connectivity index (χ0v) is 12.2. The van der Waals surface area contributed by atoms with Crippen LogP contribution in [0.3, 0.4) is 0 Å². The van der Waals surface area contributed by atoms with Crippen molar-refractivity contribution in [3.05, 3.63) is 10.6 Å². The Hall–Kier alpha value is -0.490. The van der Waals surface area contributed by atoms with Crippen LogP contribution >= 0.6 is 27.5 Å². The van der Waals surface area contributed by atoms with Gasteiger partial charge in [-0.15, -0.1) is 5.10 Å². The Kier molecular flexibility index (Phi) is 4.50. The van der Waals surface area contributed by atoms with E-state index in [9.17, 15) is 4.79 Å². The molecule has 4 nitrogen and oxygen atoms in total. The van der Waals surface area contributed by atoms with Crippen molar-refractivity contribution in [3.63, 3.8) is 0 Å². The van der Waals surface area contributed by atoms with Gasteiger partial charge in [-0.1, -0.05) is 33.3 Å². The number of alkyl halides is 1. The Balaban J connectivity index is 2.00.